The number of halogens is 3. The van der Waals surface area contributed by atoms with Crippen LogP contribution < -0.4 is 9.47 Å². The van der Waals surface area contributed by atoms with Crippen LogP contribution in [0, 0.1) is 0 Å². The maximum absolute atomic E-state index is 12.0. The van der Waals surface area contributed by atoms with Gasteiger partial charge in [-0.05, 0) is 35.4 Å². The quantitative estimate of drug-likeness (QED) is 0.927. The van der Waals surface area contributed by atoms with E-state index in [1.54, 1.807) is 12.1 Å². The van der Waals surface area contributed by atoms with Crippen molar-refractivity contribution in [2.24, 2.45) is 0 Å². The molecule has 0 saturated heterocycles. The molecule has 0 unspecified atom stereocenters. The fourth-order valence-electron chi connectivity index (χ4n) is 1.71. The summed E-state index contributed by atoms with van der Waals surface area (Å²) in [5.41, 5.74) is 1.39. The zero-order valence-electron chi connectivity index (χ0n) is 10.4. The van der Waals surface area contributed by atoms with Crippen LogP contribution in [0.3, 0.4) is 0 Å². The average molecular weight is 284 g/mol. The van der Waals surface area contributed by atoms with Crippen molar-refractivity contribution in [2.75, 3.05) is 7.11 Å². The van der Waals surface area contributed by atoms with Crippen molar-refractivity contribution in [3.63, 3.8) is 0 Å². The third-order valence-electron chi connectivity index (χ3n) is 2.60. The summed E-state index contributed by atoms with van der Waals surface area (Å²) >= 11 is 0. The summed E-state index contributed by atoms with van der Waals surface area (Å²) in [4.78, 5) is 0. The molecule has 0 amide bonds. The first-order chi connectivity index (χ1) is 9.39. The third kappa shape index (κ3) is 3.34. The highest BCUT2D eigenvalue weighted by Crippen LogP contribution is 2.32. The Morgan fingerprint density at radius 3 is 2.10 bits per heavy atom. The first kappa shape index (κ1) is 14.0. The summed E-state index contributed by atoms with van der Waals surface area (Å²) in [7, 11) is 1.42. The van der Waals surface area contributed by atoms with Crippen LogP contribution in [0.4, 0.5) is 13.2 Å². The summed E-state index contributed by atoms with van der Waals surface area (Å²) < 4.78 is 44.9. The number of benzene rings is 2. The maximum atomic E-state index is 12.0. The van der Waals surface area contributed by atoms with E-state index in [2.05, 4.69) is 4.74 Å². The van der Waals surface area contributed by atoms with Crippen LogP contribution in [0.5, 0.6) is 17.2 Å². The topological polar surface area (TPSA) is 38.7 Å². The predicted octanol–water partition coefficient (Wildman–Crippen LogP) is 3.97. The maximum Gasteiger partial charge on any atom is 0.573 e. The molecule has 0 spiro atoms. The van der Waals surface area contributed by atoms with Gasteiger partial charge in [0.15, 0.2) is 11.5 Å². The predicted molar refractivity (Wildman–Crippen MR) is 66.8 cm³/mol. The molecule has 2 aromatic carbocycles. The number of alkyl halides is 3. The second kappa shape index (κ2) is 5.32. The van der Waals surface area contributed by atoms with Crippen LogP contribution in [-0.4, -0.2) is 18.6 Å². The SMILES string of the molecule is COc1cc(-c2ccc(OC(F)(F)F)cc2)ccc1O. The summed E-state index contributed by atoms with van der Waals surface area (Å²) in [5, 5.41) is 9.48. The van der Waals surface area contributed by atoms with E-state index in [1.165, 1.54) is 37.4 Å². The molecule has 2 aromatic rings. The molecule has 2 rings (SSSR count). The first-order valence-electron chi connectivity index (χ1n) is 5.62. The molecule has 0 saturated carbocycles. The minimum absolute atomic E-state index is 0.00623. The Morgan fingerprint density at radius 1 is 0.950 bits per heavy atom. The van der Waals surface area contributed by atoms with E-state index in [0.717, 1.165) is 0 Å². The number of aromatic hydroxyl groups is 1. The molecule has 1 N–H and O–H groups in total. The van der Waals surface area contributed by atoms with Crippen molar-refractivity contribution < 1.29 is 27.8 Å². The van der Waals surface area contributed by atoms with Gasteiger partial charge in [0, 0.05) is 0 Å². The van der Waals surface area contributed by atoms with Gasteiger partial charge in [-0.2, -0.15) is 0 Å². The monoisotopic (exact) mass is 284 g/mol. The van der Waals surface area contributed by atoms with Crippen molar-refractivity contribution in [1.29, 1.82) is 0 Å². The highest BCUT2D eigenvalue weighted by molar-refractivity contribution is 5.67. The molecule has 106 valence electrons. The molecule has 6 heteroatoms. The van der Waals surface area contributed by atoms with Crippen LogP contribution in [0.1, 0.15) is 0 Å². The number of ether oxygens (including phenoxy) is 2. The van der Waals surface area contributed by atoms with Crippen molar-refractivity contribution in [3.8, 4) is 28.4 Å². The van der Waals surface area contributed by atoms with Crippen LogP contribution in [0.25, 0.3) is 11.1 Å². The van der Waals surface area contributed by atoms with Crippen molar-refractivity contribution in [2.45, 2.75) is 6.36 Å². The second-order valence-corrected chi connectivity index (χ2v) is 3.96. The first-order valence-corrected chi connectivity index (χ1v) is 5.62. The lowest BCUT2D eigenvalue weighted by Gasteiger charge is -2.10. The van der Waals surface area contributed by atoms with E-state index in [-0.39, 0.29) is 17.2 Å². The van der Waals surface area contributed by atoms with E-state index in [0.29, 0.717) is 11.1 Å². The Kier molecular flexibility index (Phi) is 3.74. The summed E-state index contributed by atoms with van der Waals surface area (Å²) in [6.07, 6.45) is -4.71. The van der Waals surface area contributed by atoms with Crippen LogP contribution in [0.15, 0.2) is 42.5 Å². The zero-order valence-corrected chi connectivity index (χ0v) is 10.4. The second-order valence-electron chi connectivity index (χ2n) is 3.96. The van der Waals surface area contributed by atoms with Gasteiger partial charge < -0.3 is 14.6 Å². The average Bonchev–Trinajstić information content (AvgIpc) is 2.38. The smallest absolute Gasteiger partial charge is 0.504 e. The molecule has 0 aliphatic rings. The highest BCUT2D eigenvalue weighted by Gasteiger charge is 2.30. The fourth-order valence-corrected chi connectivity index (χ4v) is 1.71. The van der Waals surface area contributed by atoms with E-state index in [9.17, 15) is 18.3 Å². The van der Waals surface area contributed by atoms with Crippen molar-refractivity contribution in [1.82, 2.24) is 0 Å². The minimum Gasteiger partial charge on any atom is -0.504 e. The molecule has 3 nitrogen and oxygen atoms in total. The molecule has 0 aliphatic heterocycles. The molecule has 0 fully saturated rings. The molecule has 0 heterocycles. The van der Waals surface area contributed by atoms with E-state index >= 15 is 0 Å². The van der Waals surface area contributed by atoms with Gasteiger partial charge >= 0.3 is 6.36 Å². The lowest BCUT2D eigenvalue weighted by molar-refractivity contribution is -0.274. The van der Waals surface area contributed by atoms with Crippen LogP contribution in [0.2, 0.25) is 0 Å². The molecule has 20 heavy (non-hydrogen) atoms. The molecule has 0 atom stereocenters. The Bertz CT molecular complexity index is 592. The standard InChI is InChI=1S/C14H11F3O3/c1-19-13-8-10(4-7-12(13)18)9-2-5-11(6-3-9)20-14(15,16)17/h2-8,18H,1H3. The van der Waals surface area contributed by atoms with Crippen molar-refractivity contribution in [3.05, 3.63) is 42.5 Å². The fraction of sp³-hybridized carbons (Fsp3) is 0.143. The number of methoxy groups -OCH3 is 1. The van der Waals surface area contributed by atoms with Gasteiger partial charge in [-0.3, -0.25) is 0 Å². The van der Waals surface area contributed by atoms with Gasteiger partial charge in [0.25, 0.3) is 0 Å². The normalized spacial score (nSPS) is 11.2. The lowest BCUT2D eigenvalue weighted by atomic mass is 10.1. The Morgan fingerprint density at radius 2 is 1.55 bits per heavy atom. The van der Waals surface area contributed by atoms with Gasteiger partial charge in [-0.1, -0.05) is 18.2 Å². The third-order valence-corrected chi connectivity index (χ3v) is 2.60. The Labute approximate surface area is 113 Å². The summed E-state index contributed by atoms with van der Waals surface area (Å²) in [6, 6.07) is 10.1. The largest absolute Gasteiger partial charge is 0.573 e. The van der Waals surface area contributed by atoms with Gasteiger partial charge in [0.2, 0.25) is 0 Å². The van der Waals surface area contributed by atoms with E-state index < -0.39 is 6.36 Å². The van der Waals surface area contributed by atoms with Crippen LogP contribution >= 0.6 is 0 Å². The van der Waals surface area contributed by atoms with Gasteiger partial charge in [-0.15, -0.1) is 13.2 Å². The number of hydrogen-bond donors (Lipinski definition) is 1. The number of rotatable bonds is 3. The number of phenolic OH excluding ortho intramolecular Hbond substituents is 1. The molecule has 0 bridgehead atoms. The zero-order chi connectivity index (χ0) is 14.8. The minimum atomic E-state index is -4.71. The Hall–Kier alpha value is -2.37. The molecular weight excluding hydrogens is 273 g/mol. The molecule has 0 aromatic heterocycles. The highest BCUT2D eigenvalue weighted by atomic mass is 19.4. The van der Waals surface area contributed by atoms with E-state index in [1.807, 2.05) is 0 Å². The van der Waals surface area contributed by atoms with Gasteiger partial charge in [0.05, 0.1) is 7.11 Å². The van der Waals surface area contributed by atoms with Crippen molar-refractivity contribution >= 4 is 0 Å². The summed E-state index contributed by atoms with van der Waals surface area (Å²) in [5.74, 6) is -0.00149. The van der Waals surface area contributed by atoms with Crippen LogP contribution in [-0.2, 0) is 0 Å². The lowest BCUT2D eigenvalue weighted by Crippen LogP contribution is -2.16. The number of hydrogen-bond acceptors (Lipinski definition) is 3. The molecule has 0 radical (unpaired) electrons. The Balaban J connectivity index is 2.26. The van der Waals surface area contributed by atoms with E-state index in [4.69, 9.17) is 4.74 Å². The molecular formula is C14H11F3O3. The molecule has 0 aliphatic carbocycles. The van der Waals surface area contributed by atoms with Gasteiger partial charge in [0.1, 0.15) is 5.75 Å². The number of phenols is 1. The van der Waals surface area contributed by atoms with Gasteiger partial charge in [-0.25, -0.2) is 0 Å². The summed E-state index contributed by atoms with van der Waals surface area (Å²) in [6.45, 7) is 0.